The summed E-state index contributed by atoms with van der Waals surface area (Å²) in [5, 5.41) is 9.26. The molecule has 0 saturated carbocycles. The smallest absolute Gasteiger partial charge is 0.233 e. The molecule has 0 spiro atoms. The molecule has 134 valence electrons. The first-order valence-corrected chi connectivity index (χ1v) is 9.93. The van der Waals surface area contributed by atoms with Crippen molar-refractivity contribution in [3.05, 3.63) is 29.8 Å². The van der Waals surface area contributed by atoms with Gasteiger partial charge in [-0.05, 0) is 37.8 Å². The van der Waals surface area contributed by atoms with Gasteiger partial charge in [-0.2, -0.15) is 0 Å². The second kappa shape index (κ2) is 7.98. The maximum atomic E-state index is 12.5. The number of hydrogen-bond acceptors (Lipinski definition) is 4. The summed E-state index contributed by atoms with van der Waals surface area (Å²) in [6.45, 7) is 4.76. The van der Waals surface area contributed by atoms with Crippen molar-refractivity contribution in [2.75, 3.05) is 30.2 Å². The van der Waals surface area contributed by atoms with Crippen LogP contribution in [0.1, 0.15) is 25.3 Å². The Hall–Kier alpha value is -1.60. The number of likely N-dealkylation sites (tertiary alicyclic amines) is 1. The standard InChI is InChI=1S/C17H26N2O4S/c1-13-5-7-16(8-6-13)18-24(22,23)12-14(2)17(21)19-9-3-4-15(10-19)11-20/h5-8,14-15,18,20H,3-4,9-12H2,1-2H3. The number of hydrogen-bond donors (Lipinski definition) is 2. The predicted octanol–water partition coefficient (Wildman–Crippen LogP) is 1.60. The highest BCUT2D eigenvalue weighted by Gasteiger charge is 2.29. The Morgan fingerprint density at radius 3 is 2.67 bits per heavy atom. The van der Waals surface area contributed by atoms with Gasteiger partial charge in [0.05, 0.1) is 11.7 Å². The van der Waals surface area contributed by atoms with Gasteiger partial charge in [0.1, 0.15) is 0 Å². The zero-order valence-electron chi connectivity index (χ0n) is 14.2. The van der Waals surface area contributed by atoms with Gasteiger partial charge in [0, 0.05) is 25.4 Å². The third kappa shape index (κ3) is 5.21. The molecule has 0 aromatic heterocycles. The average molecular weight is 354 g/mol. The average Bonchev–Trinajstić information content (AvgIpc) is 2.55. The summed E-state index contributed by atoms with van der Waals surface area (Å²) in [4.78, 5) is 14.2. The van der Waals surface area contributed by atoms with Crippen LogP contribution in [0.2, 0.25) is 0 Å². The minimum Gasteiger partial charge on any atom is -0.396 e. The predicted molar refractivity (Wildman–Crippen MR) is 94.1 cm³/mol. The summed E-state index contributed by atoms with van der Waals surface area (Å²) in [6, 6.07) is 7.07. The number of rotatable bonds is 6. The Labute approximate surface area is 143 Å². The summed E-state index contributed by atoms with van der Waals surface area (Å²) < 4.78 is 27.1. The van der Waals surface area contributed by atoms with Gasteiger partial charge in [0.25, 0.3) is 0 Å². The number of aryl methyl sites for hydroxylation is 1. The molecule has 0 radical (unpaired) electrons. The number of amides is 1. The van der Waals surface area contributed by atoms with E-state index in [1.807, 2.05) is 19.1 Å². The van der Waals surface area contributed by atoms with Crippen LogP contribution in [0, 0.1) is 18.8 Å². The van der Waals surface area contributed by atoms with Crippen molar-refractivity contribution in [2.45, 2.75) is 26.7 Å². The Bertz CT molecular complexity index is 658. The molecule has 6 nitrogen and oxygen atoms in total. The van der Waals surface area contributed by atoms with Crippen molar-refractivity contribution < 1.29 is 18.3 Å². The molecule has 2 N–H and O–H groups in total. The van der Waals surface area contributed by atoms with Gasteiger partial charge in [0.15, 0.2) is 0 Å². The fourth-order valence-corrected chi connectivity index (χ4v) is 4.35. The number of carbonyl (C=O) groups excluding carboxylic acids is 1. The van der Waals surface area contributed by atoms with Gasteiger partial charge >= 0.3 is 0 Å². The number of carbonyl (C=O) groups is 1. The number of anilines is 1. The summed E-state index contributed by atoms with van der Waals surface area (Å²) in [6.07, 6.45) is 1.75. The van der Waals surface area contributed by atoms with E-state index in [9.17, 15) is 18.3 Å². The van der Waals surface area contributed by atoms with Gasteiger partial charge in [-0.25, -0.2) is 8.42 Å². The molecule has 0 bridgehead atoms. The Morgan fingerprint density at radius 2 is 2.04 bits per heavy atom. The quantitative estimate of drug-likeness (QED) is 0.812. The maximum Gasteiger partial charge on any atom is 0.233 e. The minimum absolute atomic E-state index is 0.0610. The van der Waals surface area contributed by atoms with Crippen LogP contribution in [0.3, 0.4) is 0 Å². The number of aliphatic hydroxyl groups excluding tert-OH is 1. The molecular weight excluding hydrogens is 328 g/mol. The van der Waals surface area contributed by atoms with Crippen LogP contribution < -0.4 is 4.72 Å². The third-order valence-electron chi connectivity index (χ3n) is 4.30. The van der Waals surface area contributed by atoms with Crippen molar-refractivity contribution in [3.63, 3.8) is 0 Å². The van der Waals surface area contributed by atoms with Crippen LogP contribution in [-0.4, -0.2) is 49.8 Å². The van der Waals surface area contributed by atoms with Gasteiger partial charge in [-0.1, -0.05) is 24.6 Å². The SMILES string of the molecule is Cc1ccc(NS(=O)(=O)CC(C)C(=O)N2CCCC(CO)C2)cc1. The fourth-order valence-electron chi connectivity index (χ4n) is 2.97. The molecule has 2 atom stereocenters. The summed E-state index contributed by atoms with van der Waals surface area (Å²) in [5.74, 6) is -0.940. The van der Waals surface area contributed by atoms with E-state index in [1.54, 1.807) is 24.0 Å². The van der Waals surface area contributed by atoms with Crippen LogP contribution in [0.25, 0.3) is 0 Å². The van der Waals surface area contributed by atoms with Crippen LogP contribution in [-0.2, 0) is 14.8 Å². The van der Waals surface area contributed by atoms with E-state index in [0.717, 1.165) is 18.4 Å². The molecule has 7 heteroatoms. The molecule has 0 aliphatic carbocycles. The van der Waals surface area contributed by atoms with Gasteiger partial charge in [-0.15, -0.1) is 0 Å². The molecule has 1 amide bonds. The normalized spacial score (nSPS) is 19.8. The van der Waals surface area contributed by atoms with Crippen LogP contribution in [0.5, 0.6) is 0 Å². The molecular formula is C17H26N2O4S. The first-order chi connectivity index (χ1) is 11.3. The monoisotopic (exact) mass is 354 g/mol. The number of sulfonamides is 1. The molecule has 1 aromatic rings. The topological polar surface area (TPSA) is 86.7 Å². The fraction of sp³-hybridized carbons (Fsp3) is 0.588. The van der Waals surface area contributed by atoms with E-state index in [0.29, 0.717) is 18.8 Å². The second-order valence-electron chi connectivity index (χ2n) is 6.63. The van der Waals surface area contributed by atoms with E-state index < -0.39 is 15.9 Å². The van der Waals surface area contributed by atoms with E-state index in [2.05, 4.69) is 4.72 Å². The van der Waals surface area contributed by atoms with Crippen molar-refractivity contribution >= 4 is 21.6 Å². The lowest BCUT2D eigenvalue weighted by atomic mass is 9.98. The first kappa shape index (κ1) is 18.7. The van der Waals surface area contributed by atoms with Gasteiger partial charge < -0.3 is 10.0 Å². The molecule has 1 heterocycles. The summed E-state index contributed by atoms with van der Waals surface area (Å²) in [5.41, 5.74) is 1.54. The molecule has 1 aliphatic rings. The molecule has 24 heavy (non-hydrogen) atoms. The zero-order valence-corrected chi connectivity index (χ0v) is 15.1. The van der Waals surface area contributed by atoms with Gasteiger partial charge in [-0.3, -0.25) is 9.52 Å². The van der Waals surface area contributed by atoms with E-state index in [4.69, 9.17) is 0 Å². The molecule has 1 aliphatic heterocycles. The highest BCUT2D eigenvalue weighted by atomic mass is 32.2. The van der Waals surface area contributed by atoms with Crippen LogP contribution in [0.4, 0.5) is 5.69 Å². The molecule has 1 aromatic carbocycles. The highest BCUT2D eigenvalue weighted by molar-refractivity contribution is 7.92. The largest absolute Gasteiger partial charge is 0.396 e. The van der Waals surface area contributed by atoms with Crippen LogP contribution in [0.15, 0.2) is 24.3 Å². The summed E-state index contributed by atoms with van der Waals surface area (Å²) in [7, 11) is -3.60. The number of benzene rings is 1. The van der Waals surface area contributed by atoms with Crippen molar-refractivity contribution in [1.29, 1.82) is 0 Å². The Morgan fingerprint density at radius 1 is 1.38 bits per heavy atom. The minimum atomic E-state index is -3.60. The lowest BCUT2D eigenvalue weighted by Crippen LogP contribution is -2.44. The number of piperidine rings is 1. The number of nitrogens with zero attached hydrogens (tertiary/aromatic N) is 1. The Balaban J connectivity index is 1.95. The van der Waals surface area contributed by atoms with Crippen LogP contribution >= 0.6 is 0 Å². The molecule has 1 fully saturated rings. The molecule has 2 unspecified atom stereocenters. The van der Waals surface area contributed by atoms with Gasteiger partial charge in [0.2, 0.25) is 15.9 Å². The number of nitrogens with one attached hydrogen (secondary N) is 1. The Kier molecular flexibility index (Phi) is 6.23. The maximum absolute atomic E-state index is 12.5. The van der Waals surface area contributed by atoms with E-state index >= 15 is 0 Å². The van der Waals surface area contributed by atoms with E-state index in [1.165, 1.54) is 0 Å². The first-order valence-electron chi connectivity index (χ1n) is 8.27. The molecule has 1 saturated heterocycles. The zero-order chi connectivity index (χ0) is 17.7. The highest BCUT2D eigenvalue weighted by Crippen LogP contribution is 2.19. The molecule has 2 rings (SSSR count). The number of aliphatic hydroxyl groups is 1. The van der Waals surface area contributed by atoms with Crippen molar-refractivity contribution in [3.8, 4) is 0 Å². The van der Waals surface area contributed by atoms with E-state index in [-0.39, 0.29) is 24.2 Å². The van der Waals surface area contributed by atoms with Crippen molar-refractivity contribution in [1.82, 2.24) is 4.90 Å². The van der Waals surface area contributed by atoms with Crippen molar-refractivity contribution in [2.24, 2.45) is 11.8 Å². The second-order valence-corrected chi connectivity index (χ2v) is 8.39. The third-order valence-corrected chi connectivity index (χ3v) is 5.79. The summed E-state index contributed by atoms with van der Waals surface area (Å²) >= 11 is 0. The lowest BCUT2D eigenvalue weighted by molar-refractivity contribution is -0.136. The lowest BCUT2D eigenvalue weighted by Gasteiger charge is -2.33.